The summed E-state index contributed by atoms with van der Waals surface area (Å²) in [4.78, 5) is 0. The molecule has 0 saturated heterocycles. The largest absolute Gasteiger partial charge is 0.493 e. The maximum atomic E-state index is 6.06. The van der Waals surface area contributed by atoms with E-state index in [1.807, 2.05) is 25.1 Å². The standard InChI is InChI=1S/C18H21NO2/c1-12-7-8-15(13(2)19)18(9-12)21-11-14-10-20-17-6-4-3-5-16(14)17/h3-9,13-14H,10-11,19H2,1-2H3/t13-,14?/m0/s1. The van der Waals surface area contributed by atoms with Gasteiger partial charge < -0.3 is 15.2 Å². The Bertz CT molecular complexity index is 637. The van der Waals surface area contributed by atoms with Crippen molar-refractivity contribution in [3.8, 4) is 11.5 Å². The van der Waals surface area contributed by atoms with E-state index in [1.165, 1.54) is 11.1 Å². The molecule has 0 aliphatic carbocycles. The summed E-state index contributed by atoms with van der Waals surface area (Å²) in [5.74, 6) is 2.14. The minimum absolute atomic E-state index is 0.0345. The molecule has 1 unspecified atom stereocenters. The predicted octanol–water partition coefficient (Wildman–Crippen LogP) is 3.57. The second kappa shape index (κ2) is 5.78. The van der Waals surface area contributed by atoms with Crippen LogP contribution in [0.15, 0.2) is 42.5 Å². The number of hydrogen-bond donors (Lipinski definition) is 1. The van der Waals surface area contributed by atoms with E-state index in [0.717, 1.165) is 17.1 Å². The summed E-state index contributed by atoms with van der Waals surface area (Å²) >= 11 is 0. The van der Waals surface area contributed by atoms with Crippen LogP contribution in [-0.4, -0.2) is 13.2 Å². The molecule has 3 rings (SSSR count). The Balaban J connectivity index is 1.76. The van der Waals surface area contributed by atoms with Gasteiger partial charge in [0.2, 0.25) is 0 Å². The zero-order valence-electron chi connectivity index (χ0n) is 12.5. The third-order valence-electron chi connectivity index (χ3n) is 3.90. The summed E-state index contributed by atoms with van der Waals surface area (Å²) in [6.07, 6.45) is 0. The molecule has 0 spiro atoms. The van der Waals surface area contributed by atoms with Gasteiger partial charge in [0.15, 0.2) is 0 Å². The number of aryl methyl sites for hydroxylation is 1. The van der Waals surface area contributed by atoms with Crippen molar-refractivity contribution in [2.75, 3.05) is 13.2 Å². The lowest BCUT2D eigenvalue weighted by Gasteiger charge is -2.17. The molecular formula is C18H21NO2. The van der Waals surface area contributed by atoms with Crippen molar-refractivity contribution >= 4 is 0 Å². The SMILES string of the molecule is Cc1ccc([C@H](C)N)c(OCC2COc3ccccc32)c1. The van der Waals surface area contributed by atoms with E-state index in [2.05, 4.69) is 31.2 Å². The van der Waals surface area contributed by atoms with Gasteiger partial charge in [0.05, 0.1) is 19.1 Å². The first-order valence-electron chi connectivity index (χ1n) is 7.36. The van der Waals surface area contributed by atoms with Crippen LogP contribution in [0.5, 0.6) is 11.5 Å². The highest BCUT2D eigenvalue weighted by Crippen LogP contribution is 2.34. The number of ether oxygens (including phenoxy) is 2. The van der Waals surface area contributed by atoms with Gasteiger partial charge >= 0.3 is 0 Å². The number of para-hydroxylation sites is 1. The van der Waals surface area contributed by atoms with Crippen LogP contribution in [0.4, 0.5) is 0 Å². The molecule has 1 aliphatic rings. The highest BCUT2D eigenvalue weighted by Gasteiger charge is 2.24. The molecule has 0 radical (unpaired) electrons. The fourth-order valence-corrected chi connectivity index (χ4v) is 2.70. The van der Waals surface area contributed by atoms with Gasteiger partial charge in [0.1, 0.15) is 11.5 Å². The number of fused-ring (bicyclic) bond motifs is 1. The summed E-state index contributed by atoms with van der Waals surface area (Å²) in [5, 5.41) is 0. The van der Waals surface area contributed by atoms with Gasteiger partial charge in [-0.2, -0.15) is 0 Å². The summed E-state index contributed by atoms with van der Waals surface area (Å²) < 4.78 is 11.8. The van der Waals surface area contributed by atoms with Crippen molar-refractivity contribution in [3.05, 3.63) is 59.2 Å². The van der Waals surface area contributed by atoms with E-state index in [0.29, 0.717) is 13.2 Å². The summed E-state index contributed by atoms with van der Waals surface area (Å²) in [6, 6.07) is 14.3. The predicted molar refractivity (Wildman–Crippen MR) is 84.0 cm³/mol. The zero-order chi connectivity index (χ0) is 14.8. The van der Waals surface area contributed by atoms with Gasteiger partial charge in [-0.05, 0) is 31.5 Å². The lowest BCUT2D eigenvalue weighted by molar-refractivity contribution is 0.246. The number of nitrogens with two attached hydrogens (primary N) is 1. The molecular weight excluding hydrogens is 262 g/mol. The van der Waals surface area contributed by atoms with E-state index < -0.39 is 0 Å². The Morgan fingerprint density at radius 1 is 1.29 bits per heavy atom. The van der Waals surface area contributed by atoms with Crippen LogP contribution in [-0.2, 0) is 0 Å². The summed E-state index contributed by atoms with van der Waals surface area (Å²) in [5.41, 5.74) is 9.48. The van der Waals surface area contributed by atoms with Crippen molar-refractivity contribution in [1.29, 1.82) is 0 Å². The minimum Gasteiger partial charge on any atom is -0.493 e. The van der Waals surface area contributed by atoms with Gasteiger partial charge in [-0.15, -0.1) is 0 Å². The quantitative estimate of drug-likeness (QED) is 0.933. The highest BCUT2D eigenvalue weighted by molar-refractivity contribution is 5.41. The summed E-state index contributed by atoms with van der Waals surface area (Å²) in [6.45, 7) is 5.33. The number of benzene rings is 2. The molecule has 0 saturated carbocycles. The van der Waals surface area contributed by atoms with Crippen molar-refractivity contribution in [1.82, 2.24) is 0 Å². The lowest BCUT2D eigenvalue weighted by Crippen LogP contribution is -2.14. The van der Waals surface area contributed by atoms with Crippen LogP contribution in [0, 0.1) is 6.92 Å². The van der Waals surface area contributed by atoms with Crippen LogP contribution in [0.25, 0.3) is 0 Å². The molecule has 3 heteroatoms. The van der Waals surface area contributed by atoms with E-state index in [4.69, 9.17) is 15.2 Å². The first-order valence-corrected chi connectivity index (χ1v) is 7.36. The zero-order valence-corrected chi connectivity index (χ0v) is 12.5. The minimum atomic E-state index is -0.0345. The average molecular weight is 283 g/mol. The molecule has 110 valence electrons. The van der Waals surface area contributed by atoms with Crippen LogP contribution in [0.2, 0.25) is 0 Å². The van der Waals surface area contributed by atoms with E-state index in [1.54, 1.807) is 0 Å². The lowest BCUT2D eigenvalue weighted by atomic mass is 10.0. The topological polar surface area (TPSA) is 44.5 Å². The smallest absolute Gasteiger partial charge is 0.124 e. The molecule has 21 heavy (non-hydrogen) atoms. The Hall–Kier alpha value is -2.00. The van der Waals surface area contributed by atoms with Gasteiger partial charge in [-0.25, -0.2) is 0 Å². The Morgan fingerprint density at radius 2 is 2.10 bits per heavy atom. The van der Waals surface area contributed by atoms with Crippen LogP contribution in [0.1, 0.15) is 35.6 Å². The second-order valence-corrected chi connectivity index (χ2v) is 5.69. The molecule has 1 heterocycles. The number of hydrogen-bond acceptors (Lipinski definition) is 3. The van der Waals surface area contributed by atoms with Crippen LogP contribution in [0.3, 0.4) is 0 Å². The molecule has 0 fully saturated rings. The van der Waals surface area contributed by atoms with Crippen molar-refractivity contribution in [2.45, 2.75) is 25.8 Å². The van der Waals surface area contributed by atoms with Gasteiger partial charge in [0.25, 0.3) is 0 Å². The third kappa shape index (κ3) is 2.88. The van der Waals surface area contributed by atoms with E-state index >= 15 is 0 Å². The summed E-state index contributed by atoms with van der Waals surface area (Å²) in [7, 11) is 0. The molecule has 3 nitrogen and oxygen atoms in total. The monoisotopic (exact) mass is 283 g/mol. The fraction of sp³-hybridized carbons (Fsp3) is 0.333. The highest BCUT2D eigenvalue weighted by atomic mass is 16.5. The maximum absolute atomic E-state index is 6.06. The van der Waals surface area contributed by atoms with Gasteiger partial charge in [-0.1, -0.05) is 30.3 Å². The fourth-order valence-electron chi connectivity index (χ4n) is 2.70. The van der Waals surface area contributed by atoms with Crippen molar-refractivity contribution < 1.29 is 9.47 Å². The Morgan fingerprint density at radius 3 is 2.90 bits per heavy atom. The molecule has 0 amide bonds. The van der Waals surface area contributed by atoms with E-state index in [9.17, 15) is 0 Å². The third-order valence-corrected chi connectivity index (χ3v) is 3.90. The molecule has 2 N–H and O–H groups in total. The van der Waals surface area contributed by atoms with Crippen LogP contribution >= 0.6 is 0 Å². The van der Waals surface area contributed by atoms with E-state index in [-0.39, 0.29) is 12.0 Å². The normalized spacial score (nSPS) is 18.0. The molecule has 0 bridgehead atoms. The molecule has 0 aromatic heterocycles. The first kappa shape index (κ1) is 14.0. The van der Waals surface area contributed by atoms with Gasteiger partial charge in [0, 0.05) is 17.2 Å². The Labute approximate surface area is 125 Å². The van der Waals surface area contributed by atoms with Crippen molar-refractivity contribution in [2.24, 2.45) is 5.73 Å². The molecule has 2 aromatic carbocycles. The van der Waals surface area contributed by atoms with Gasteiger partial charge in [-0.3, -0.25) is 0 Å². The maximum Gasteiger partial charge on any atom is 0.124 e. The molecule has 1 aliphatic heterocycles. The first-order chi connectivity index (χ1) is 10.1. The second-order valence-electron chi connectivity index (χ2n) is 5.69. The average Bonchev–Trinajstić information content (AvgIpc) is 2.88. The molecule has 2 atom stereocenters. The molecule has 2 aromatic rings. The Kier molecular flexibility index (Phi) is 3.84. The van der Waals surface area contributed by atoms with Crippen molar-refractivity contribution in [3.63, 3.8) is 0 Å². The van der Waals surface area contributed by atoms with Crippen LogP contribution < -0.4 is 15.2 Å². The number of rotatable bonds is 4.